The molecule has 3 aromatic rings. The molecule has 0 spiro atoms. The molecule has 1 N–H and O–H groups in total. The Kier molecular flexibility index (Phi) is 13.3. The number of nitrogens with one attached hydrogen (secondary N) is 1. The monoisotopic (exact) mass is 568 g/mol. The molecule has 0 atom stereocenters. The maximum Gasteiger partial charge on any atom is 0.345 e. The Morgan fingerprint density at radius 3 is 2.21 bits per heavy atom. The smallest absolute Gasteiger partial charge is 0.345 e. The van der Waals surface area contributed by atoms with Crippen molar-refractivity contribution in [2.75, 3.05) is 0 Å². The van der Waals surface area contributed by atoms with Gasteiger partial charge < -0.3 is 4.74 Å². The van der Waals surface area contributed by atoms with Gasteiger partial charge in [-0.25, -0.2) is 10.2 Å². The van der Waals surface area contributed by atoms with E-state index < -0.39 is 5.97 Å². The highest BCUT2D eigenvalue weighted by molar-refractivity contribution is 6.36. The summed E-state index contributed by atoms with van der Waals surface area (Å²) < 4.78 is 5.69. The van der Waals surface area contributed by atoms with Crippen molar-refractivity contribution in [2.45, 2.75) is 84.0 Å². The number of hydrazone groups is 1. The second-order valence-corrected chi connectivity index (χ2v) is 10.6. The molecule has 1 amide bonds. The molecule has 0 aromatic heterocycles. The number of hydrogen-bond acceptors (Lipinski definition) is 4. The average molecular weight is 570 g/mol. The van der Waals surface area contributed by atoms with Crippen molar-refractivity contribution >= 4 is 52.1 Å². The second kappa shape index (κ2) is 16.9. The summed E-state index contributed by atoms with van der Waals surface area (Å²) in [5.74, 6) is -0.427. The predicted octanol–water partition coefficient (Wildman–Crippen LogP) is 9.52. The van der Waals surface area contributed by atoms with Crippen molar-refractivity contribution in [1.29, 1.82) is 0 Å². The summed E-state index contributed by atoms with van der Waals surface area (Å²) in [7, 11) is 0. The Bertz CT molecular complexity index is 1260. The number of carbonyl (C=O) groups is 2. The maximum atomic E-state index is 12.8. The minimum absolute atomic E-state index is 0.131. The Hall–Kier alpha value is -2.89. The van der Waals surface area contributed by atoms with Gasteiger partial charge in [-0.3, -0.25) is 4.79 Å². The molecular formula is C32H38Cl2N2O3. The molecule has 0 aliphatic rings. The zero-order valence-electron chi connectivity index (χ0n) is 22.7. The van der Waals surface area contributed by atoms with Crippen molar-refractivity contribution in [2.24, 2.45) is 5.10 Å². The molecule has 3 rings (SSSR count). The van der Waals surface area contributed by atoms with Gasteiger partial charge in [0.05, 0.1) is 16.8 Å². The Morgan fingerprint density at radius 2 is 1.51 bits per heavy atom. The number of ether oxygens (including phenoxy) is 1. The number of carbonyl (C=O) groups excluding carboxylic acids is 2. The minimum Gasteiger partial charge on any atom is -0.422 e. The van der Waals surface area contributed by atoms with Crippen LogP contribution in [0.3, 0.4) is 0 Å². The summed E-state index contributed by atoms with van der Waals surface area (Å²) >= 11 is 12.1. The van der Waals surface area contributed by atoms with E-state index in [1.54, 1.807) is 12.1 Å². The molecule has 7 heteroatoms. The van der Waals surface area contributed by atoms with Gasteiger partial charge in [-0.05, 0) is 41.5 Å². The van der Waals surface area contributed by atoms with Gasteiger partial charge in [-0.15, -0.1) is 0 Å². The molecule has 3 aromatic carbocycles. The SMILES string of the molecule is CCCCCCCCCCCCCC(=O)NN=Cc1c(OC(=O)c2ccc(Cl)cc2Cl)ccc2ccccc12. The normalized spacial score (nSPS) is 11.3. The first kappa shape index (κ1) is 30.6. The van der Waals surface area contributed by atoms with Gasteiger partial charge in [-0.2, -0.15) is 5.10 Å². The van der Waals surface area contributed by atoms with Crippen LogP contribution in [0.25, 0.3) is 10.8 Å². The lowest BCUT2D eigenvalue weighted by atomic mass is 10.0. The van der Waals surface area contributed by atoms with Crippen molar-refractivity contribution in [1.82, 2.24) is 5.43 Å². The molecule has 5 nitrogen and oxygen atoms in total. The van der Waals surface area contributed by atoms with E-state index in [0.717, 1.165) is 30.0 Å². The summed E-state index contributed by atoms with van der Waals surface area (Å²) in [5, 5.41) is 6.60. The highest BCUT2D eigenvalue weighted by atomic mass is 35.5. The van der Waals surface area contributed by atoms with Crippen LogP contribution in [0, 0.1) is 0 Å². The van der Waals surface area contributed by atoms with E-state index in [4.69, 9.17) is 27.9 Å². The first-order valence-corrected chi connectivity index (χ1v) is 14.8. The van der Waals surface area contributed by atoms with Gasteiger partial charge in [0.2, 0.25) is 5.91 Å². The highest BCUT2D eigenvalue weighted by Crippen LogP contribution is 2.29. The van der Waals surface area contributed by atoms with Gasteiger partial charge in [0.15, 0.2) is 0 Å². The van der Waals surface area contributed by atoms with Gasteiger partial charge in [0.25, 0.3) is 0 Å². The average Bonchev–Trinajstić information content (AvgIpc) is 2.92. The molecule has 0 heterocycles. The van der Waals surface area contributed by atoms with Crippen LogP contribution in [0.2, 0.25) is 10.0 Å². The number of esters is 1. The number of amides is 1. The van der Waals surface area contributed by atoms with Gasteiger partial charge >= 0.3 is 5.97 Å². The van der Waals surface area contributed by atoms with Crippen LogP contribution in [-0.4, -0.2) is 18.1 Å². The molecule has 39 heavy (non-hydrogen) atoms. The zero-order valence-corrected chi connectivity index (χ0v) is 24.2. The van der Waals surface area contributed by atoms with Crippen LogP contribution >= 0.6 is 23.2 Å². The van der Waals surface area contributed by atoms with Crippen molar-refractivity contribution in [3.8, 4) is 5.75 Å². The Morgan fingerprint density at radius 1 is 0.846 bits per heavy atom. The molecule has 0 saturated carbocycles. The van der Waals surface area contributed by atoms with Crippen molar-refractivity contribution in [3.63, 3.8) is 0 Å². The first-order chi connectivity index (χ1) is 19.0. The lowest BCUT2D eigenvalue weighted by molar-refractivity contribution is -0.121. The summed E-state index contributed by atoms with van der Waals surface area (Å²) in [6.07, 6.45) is 15.5. The lowest BCUT2D eigenvalue weighted by Crippen LogP contribution is -2.17. The van der Waals surface area contributed by atoms with E-state index in [1.807, 2.05) is 30.3 Å². The van der Waals surface area contributed by atoms with Gasteiger partial charge in [0.1, 0.15) is 5.75 Å². The molecule has 0 saturated heterocycles. The fraction of sp³-hybridized carbons (Fsp3) is 0.406. The first-order valence-electron chi connectivity index (χ1n) is 14.0. The van der Waals surface area contributed by atoms with Crippen LogP contribution < -0.4 is 10.2 Å². The van der Waals surface area contributed by atoms with Gasteiger partial charge in [-0.1, -0.05) is 125 Å². The third-order valence-electron chi connectivity index (χ3n) is 6.67. The van der Waals surface area contributed by atoms with E-state index >= 15 is 0 Å². The van der Waals surface area contributed by atoms with E-state index in [-0.39, 0.29) is 16.5 Å². The van der Waals surface area contributed by atoms with Crippen LogP contribution in [0.4, 0.5) is 0 Å². The molecule has 0 aliphatic carbocycles. The number of hydrogen-bond donors (Lipinski definition) is 1. The third-order valence-corrected chi connectivity index (χ3v) is 7.22. The fourth-order valence-corrected chi connectivity index (χ4v) is 4.97. The van der Waals surface area contributed by atoms with Crippen LogP contribution in [-0.2, 0) is 4.79 Å². The van der Waals surface area contributed by atoms with E-state index in [1.165, 1.54) is 69.7 Å². The lowest BCUT2D eigenvalue weighted by Gasteiger charge is -2.11. The number of halogens is 2. The summed E-state index contributed by atoms with van der Waals surface area (Å²) in [6, 6.07) is 15.9. The number of fused-ring (bicyclic) bond motifs is 1. The van der Waals surface area contributed by atoms with E-state index in [2.05, 4.69) is 17.5 Å². The highest BCUT2D eigenvalue weighted by Gasteiger charge is 2.16. The quantitative estimate of drug-likeness (QED) is 0.0614. The molecule has 0 fully saturated rings. The van der Waals surface area contributed by atoms with E-state index in [0.29, 0.717) is 22.8 Å². The molecule has 0 bridgehead atoms. The van der Waals surface area contributed by atoms with Crippen LogP contribution in [0.5, 0.6) is 5.75 Å². The number of unbranched alkanes of at least 4 members (excludes halogenated alkanes) is 10. The second-order valence-electron chi connectivity index (χ2n) is 9.79. The standard InChI is InChI=1S/C32H38Cl2N2O3/c1-2-3-4-5-6-7-8-9-10-11-12-17-31(37)36-35-23-28-26-16-14-13-15-24(26)18-21-30(28)39-32(38)27-20-19-25(33)22-29(27)34/h13-16,18-23H,2-12,17H2,1H3,(H,36,37). The largest absolute Gasteiger partial charge is 0.422 e. The summed E-state index contributed by atoms with van der Waals surface area (Å²) in [6.45, 7) is 2.24. The third kappa shape index (κ3) is 10.3. The topological polar surface area (TPSA) is 67.8 Å². The molecule has 0 radical (unpaired) electrons. The molecule has 0 aliphatic heterocycles. The maximum absolute atomic E-state index is 12.8. The summed E-state index contributed by atoms with van der Waals surface area (Å²) in [5.41, 5.74) is 3.40. The fourth-order valence-electron chi connectivity index (χ4n) is 4.48. The minimum atomic E-state index is -0.609. The number of benzene rings is 3. The number of rotatable bonds is 16. The van der Waals surface area contributed by atoms with Crippen molar-refractivity contribution < 1.29 is 14.3 Å². The predicted molar refractivity (Wildman–Crippen MR) is 162 cm³/mol. The number of nitrogens with zero attached hydrogens (tertiary/aromatic N) is 1. The van der Waals surface area contributed by atoms with Crippen LogP contribution in [0.15, 0.2) is 59.7 Å². The molecule has 0 unspecified atom stereocenters. The molecule has 208 valence electrons. The van der Waals surface area contributed by atoms with Crippen molar-refractivity contribution in [3.05, 3.63) is 75.8 Å². The molecular weight excluding hydrogens is 531 g/mol. The van der Waals surface area contributed by atoms with E-state index in [9.17, 15) is 9.59 Å². The Labute approximate surface area is 241 Å². The summed E-state index contributed by atoms with van der Waals surface area (Å²) in [4.78, 5) is 25.2. The van der Waals surface area contributed by atoms with Crippen LogP contribution in [0.1, 0.15) is 99.9 Å². The zero-order chi connectivity index (χ0) is 27.9. The Balaban J connectivity index is 1.51. The van der Waals surface area contributed by atoms with Gasteiger partial charge in [0, 0.05) is 17.0 Å².